The van der Waals surface area contributed by atoms with Crippen molar-refractivity contribution >= 4 is 11.4 Å². The maximum absolute atomic E-state index is 3.57. The van der Waals surface area contributed by atoms with Gasteiger partial charge < -0.3 is 10.6 Å². The van der Waals surface area contributed by atoms with E-state index in [-0.39, 0.29) is 0 Å². The number of hydrogen-bond acceptors (Lipinski definition) is 2. The molecule has 0 bridgehead atoms. The maximum atomic E-state index is 3.57. The van der Waals surface area contributed by atoms with E-state index in [2.05, 4.69) is 41.8 Å². The molecule has 2 nitrogen and oxygen atoms in total. The van der Waals surface area contributed by atoms with Crippen LogP contribution in [0.5, 0.6) is 0 Å². The van der Waals surface area contributed by atoms with Gasteiger partial charge in [-0.25, -0.2) is 0 Å². The van der Waals surface area contributed by atoms with Crippen LogP contribution in [0.3, 0.4) is 0 Å². The molecule has 1 heterocycles. The molecule has 2 N–H and O–H groups in total. The van der Waals surface area contributed by atoms with Crippen molar-refractivity contribution in [1.82, 2.24) is 0 Å². The molecule has 14 heavy (non-hydrogen) atoms. The number of rotatable bonds is 3. The van der Waals surface area contributed by atoms with Crippen molar-refractivity contribution < 1.29 is 0 Å². The summed E-state index contributed by atoms with van der Waals surface area (Å²) in [5.41, 5.74) is 2.49. The summed E-state index contributed by atoms with van der Waals surface area (Å²) in [5.74, 6) is 0. The first-order valence-corrected chi connectivity index (χ1v) is 5.49. The Labute approximate surface area is 85.7 Å². The summed E-state index contributed by atoms with van der Waals surface area (Å²) in [5, 5.41) is 7.03. The molecule has 2 heteroatoms. The SMILES string of the molecule is CCCC[C@@H]1CNc2ccccc2N1. The highest BCUT2D eigenvalue weighted by molar-refractivity contribution is 5.70. The van der Waals surface area contributed by atoms with Crippen molar-refractivity contribution in [2.75, 3.05) is 17.2 Å². The Bertz CT molecular complexity index is 296. The lowest BCUT2D eigenvalue weighted by molar-refractivity contribution is 0.620. The van der Waals surface area contributed by atoms with Gasteiger partial charge in [0.15, 0.2) is 0 Å². The predicted octanol–water partition coefficient (Wildman–Crippen LogP) is 3.08. The Kier molecular flexibility index (Phi) is 2.92. The first-order valence-electron chi connectivity index (χ1n) is 5.49. The molecule has 0 fully saturated rings. The molecule has 0 radical (unpaired) electrons. The van der Waals surface area contributed by atoms with Gasteiger partial charge in [0.25, 0.3) is 0 Å². The molecule has 0 aromatic heterocycles. The van der Waals surface area contributed by atoms with Crippen LogP contribution in [-0.2, 0) is 0 Å². The molecule has 1 aliphatic heterocycles. The zero-order chi connectivity index (χ0) is 9.80. The number of hydrogen-bond donors (Lipinski definition) is 2. The van der Waals surface area contributed by atoms with E-state index in [1.807, 2.05) is 0 Å². The summed E-state index contributed by atoms with van der Waals surface area (Å²) >= 11 is 0. The Balaban J connectivity index is 1.99. The number of fused-ring (bicyclic) bond motifs is 1. The Hall–Kier alpha value is -1.18. The summed E-state index contributed by atoms with van der Waals surface area (Å²) in [6.45, 7) is 3.29. The van der Waals surface area contributed by atoms with Gasteiger partial charge in [-0.2, -0.15) is 0 Å². The van der Waals surface area contributed by atoms with E-state index in [0.29, 0.717) is 6.04 Å². The summed E-state index contributed by atoms with van der Waals surface area (Å²) in [6.07, 6.45) is 3.85. The second-order valence-corrected chi connectivity index (χ2v) is 3.91. The largest absolute Gasteiger partial charge is 0.381 e. The highest BCUT2D eigenvalue weighted by atomic mass is 15.1. The molecule has 2 rings (SSSR count). The minimum absolute atomic E-state index is 0.602. The summed E-state index contributed by atoms with van der Waals surface area (Å²) < 4.78 is 0. The highest BCUT2D eigenvalue weighted by Crippen LogP contribution is 2.26. The first kappa shape index (κ1) is 9.38. The van der Waals surface area contributed by atoms with Crippen LogP contribution in [0.15, 0.2) is 24.3 Å². The molecule has 0 amide bonds. The molecule has 0 aliphatic carbocycles. The summed E-state index contributed by atoms with van der Waals surface area (Å²) in [4.78, 5) is 0. The van der Waals surface area contributed by atoms with Gasteiger partial charge in [0.05, 0.1) is 11.4 Å². The van der Waals surface area contributed by atoms with Crippen molar-refractivity contribution in [3.8, 4) is 0 Å². The average Bonchev–Trinajstić information content (AvgIpc) is 2.26. The number of unbranched alkanes of at least 4 members (excludes halogenated alkanes) is 1. The van der Waals surface area contributed by atoms with E-state index in [9.17, 15) is 0 Å². The fraction of sp³-hybridized carbons (Fsp3) is 0.500. The van der Waals surface area contributed by atoms with Gasteiger partial charge in [-0.05, 0) is 18.6 Å². The Morgan fingerprint density at radius 3 is 2.86 bits per heavy atom. The lowest BCUT2D eigenvalue weighted by atomic mass is 10.1. The lowest BCUT2D eigenvalue weighted by Crippen LogP contribution is -2.32. The minimum atomic E-state index is 0.602. The number of benzene rings is 1. The topological polar surface area (TPSA) is 24.1 Å². The molecule has 0 saturated carbocycles. The van der Waals surface area contributed by atoms with Crippen LogP contribution in [0.4, 0.5) is 11.4 Å². The molecular formula is C12H18N2. The maximum Gasteiger partial charge on any atom is 0.0578 e. The van der Waals surface area contributed by atoms with Gasteiger partial charge >= 0.3 is 0 Å². The van der Waals surface area contributed by atoms with Crippen LogP contribution in [0, 0.1) is 0 Å². The van der Waals surface area contributed by atoms with Crippen molar-refractivity contribution in [1.29, 1.82) is 0 Å². The minimum Gasteiger partial charge on any atom is -0.381 e. The average molecular weight is 190 g/mol. The number of nitrogens with one attached hydrogen (secondary N) is 2. The van der Waals surface area contributed by atoms with Crippen LogP contribution in [0.2, 0.25) is 0 Å². The van der Waals surface area contributed by atoms with Gasteiger partial charge in [-0.15, -0.1) is 0 Å². The fourth-order valence-electron chi connectivity index (χ4n) is 1.89. The van der Waals surface area contributed by atoms with Crippen molar-refractivity contribution in [3.05, 3.63) is 24.3 Å². The van der Waals surface area contributed by atoms with E-state index < -0.39 is 0 Å². The van der Waals surface area contributed by atoms with Crippen molar-refractivity contribution in [2.24, 2.45) is 0 Å². The van der Waals surface area contributed by atoms with E-state index in [4.69, 9.17) is 0 Å². The monoisotopic (exact) mass is 190 g/mol. The molecule has 1 aromatic rings. The summed E-state index contributed by atoms with van der Waals surface area (Å²) in [7, 11) is 0. The summed E-state index contributed by atoms with van der Waals surface area (Å²) in [6, 6.07) is 9.01. The zero-order valence-electron chi connectivity index (χ0n) is 8.72. The van der Waals surface area contributed by atoms with Gasteiger partial charge in [0.1, 0.15) is 0 Å². The third-order valence-corrected chi connectivity index (χ3v) is 2.73. The third-order valence-electron chi connectivity index (χ3n) is 2.73. The molecule has 0 spiro atoms. The quantitative estimate of drug-likeness (QED) is 0.765. The van der Waals surface area contributed by atoms with E-state index in [1.165, 1.54) is 30.6 Å². The van der Waals surface area contributed by atoms with Crippen molar-refractivity contribution in [3.63, 3.8) is 0 Å². The predicted molar refractivity (Wildman–Crippen MR) is 61.9 cm³/mol. The first-order chi connectivity index (χ1) is 6.90. The van der Waals surface area contributed by atoms with Gasteiger partial charge in [0.2, 0.25) is 0 Å². The van der Waals surface area contributed by atoms with Gasteiger partial charge in [0, 0.05) is 12.6 Å². The molecule has 1 aliphatic rings. The molecule has 0 saturated heterocycles. The van der Waals surface area contributed by atoms with Gasteiger partial charge in [-0.1, -0.05) is 31.9 Å². The zero-order valence-corrected chi connectivity index (χ0v) is 8.72. The lowest BCUT2D eigenvalue weighted by Gasteiger charge is -2.28. The second kappa shape index (κ2) is 4.36. The van der Waals surface area contributed by atoms with Crippen LogP contribution < -0.4 is 10.6 Å². The molecular weight excluding hydrogens is 172 g/mol. The van der Waals surface area contributed by atoms with Crippen LogP contribution in [-0.4, -0.2) is 12.6 Å². The third kappa shape index (κ3) is 2.00. The molecule has 1 atom stereocenters. The Morgan fingerprint density at radius 2 is 2.07 bits per heavy atom. The van der Waals surface area contributed by atoms with Crippen molar-refractivity contribution in [2.45, 2.75) is 32.2 Å². The second-order valence-electron chi connectivity index (χ2n) is 3.91. The van der Waals surface area contributed by atoms with E-state index in [1.54, 1.807) is 0 Å². The smallest absolute Gasteiger partial charge is 0.0578 e. The van der Waals surface area contributed by atoms with E-state index >= 15 is 0 Å². The number of anilines is 2. The Morgan fingerprint density at radius 1 is 1.29 bits per heavy atom. The van der Waals surface area contributed by atoms with Crippen LogP contribution in [0.25, 0.3) is 0 Å². The van der Waals surface area contributed by atoms with Crippen LogP contribution >= 0.6 is 0 Å². The molecule has 76 valence electrons. The number of para-hydroxylation sites is 2. The van der Waals surface area contributed by atoms with E-state index in [0.717, 1.165) is 6.54 Å². The van der Waals surface area contributed by atoms with Gasteiger partial charge in [-0.3, -0.25) is 0 Å². The fourth-order valence-corrected chi connectivity index (χ4v) is 1.89. The standard InChI is InChI=1S/C12H18N2/c1-2-3-6-10-9-13-11-7-4-5-8-12(11)14-10/h4-5,7-8,10,13-14H,2-3,6,9H2,1H3/t10-/m1/s1. The molecule has 1 aromatic carbocycles. The van der Waals surface area contributed by atoms with Crippen LogP contribution in [0.1, 0.15) is 26.2 Å². The normalized spacial score (nSPS) is 19.4. The highest BCUT2D eigenvalue weighted by Gasteiger charge is 2.15. The molecule has 0 unspecified atom stereocenters.